The van der Waals surface area contributed by atoms with Crippen LogP contribution in [0.5, 0.6) is 5.75 Å². The number of phenols is 1. The van der Waals surface area contributed by atoms with E-state index in [9.17, 15) is 26.5 Å². The third-order valence-corrected chi connectivity index (χ3v) is 7.72. The Labute approximate surface area is 228 Å². The van der Waals surface area contributed by atoms with Gasteiger partial charge in [0.05, 0.1) is 16.8 Å². The molecule has 10 nitrogen and oxygen atoms in total. The van der Waals surface area contributed by atoms with E-state index in [-0.39, 0.29) is 11.1 Å². The maximum atomic E-state index is 11.4. The molecule has 4 aromatic carbocycles. The van der Waals surface area contributed by atoms with Crippen molar-refractivity contribution in [1.82, 2.24) is 0 Å². The van der Waals surface area contributed by atoms with Crippen molar-refractivity contribution >= 4 is 48.1 Å². The summed E-state index contributed by atoms with van der Waals surface area (Å²) in [7, 11) is -9.73. The lowest BCUT2D eigenvalue weighted by Crippen LogP contribution is -2.08. The van der Waals surface area contributed by atoms with Crippen LogP contribution >= 0.6 is 0 Å². The van der Waals surface area contributed by atoms with Crippen LogP contribution in [-0.4, -0.2) is 31.0 Å². The number of nitrogens with two attached hydrogens (primary N) is 3. The van der Waals surface area contributed by atoms with E-state index in [4.69, 9.17) is 21.8 Å². The highest BCUT2D eigenvalue weighted by Crippen LogP contribution is 2.41. The summed E-state index contributed by atoms with van der Waals surface area (Å²) in [6.07, 6.45) is 0. The Morgan fingerprint density at radius 2 is 1.10 bits per heavy atom. The Bertz CT molecular complexity index is 1700. The van der Waals surface area contributed by atoms with Crippen molar-refractivity contribution in [2.75, 3.05) is 17.2 Å². The molecule has 0 spiro atoms. The molecule has 0 unspecified atom stereocenters. The zero-order valence-corrected chi connectivity index (χ0v) is 23.9. The zero-order chi connectivity index (χ0) is 29.9. The standard InChI is InChI=1S/C15H17N.C10H10N2O7S2.C2H6/c1-10-4-5-13(8-11(10)2)14-6-7-15(16)12(3)9-14;11-5-2-1-4-6(20(14,15)16)3-7(21(17,18)19)9(12)8(4)10(5)13;1-2/h4-9H,16H2,1-3H3;1-3,13H,11-12H2,(H,14,15,16)(H,17,18,19);1-2H3. The van der Waals surface area contributed by atoms with Gasteiger partial charge in [0.1, 0.15) is 15.5 Å². The van der Waals surface area contributed by atoms with Gasteiger partial charge in [0.15, 0.2) is 0 Å². The molecule has 4 aromatic rings. The molecule has 0 aliphatic heterocycles. The number of fused-ring (bicyclic) bond motifs is 1. The lowest BCUT2D eigenvalue weighted by Gasteiger charge is -2.13. The predicted octanol–water partition coefficient (Wildman–Crippen LogP) is 5.09. The van der Waals surface area contributed by atoms with Gasteiger partial charge in [-0.3, -0.25) is 9.11 Å². The highest BCUT2D eigenvalue weighted by molar-refractivity contribution is 7.87. The minimum Gasteiger partial charge on any atom is -0.505 e. The molecule has 0 fully saturated rings. The van der Waals surface area contributed by atoms with E-state index >= 15 is 0 Å². The second-order valence-electron chi connectivity index (χ2n) is 8.53. The predicted molar refractivity (Wildman–Crippen MR) is 156 cm³/mol. The Morgan fingerprint density at radius 3 is 1.59 bits per heavy atom. The monoisotopic (exact) mass is 575 g/mol. The second kappa shape index (κ2) is 11.9. The van der Waals surface area contributed by atoms with Gasteiger partial charge in [0, 0.05) is 11.1 Å². The van der Waals surface area contributed by atoms with Crippen LogP contribution in [0.4, 0.5) is 17.1 Å². The van der Waals surface area contributed by atoms with Crippen LogP contribution in [-0.2, 0) is 20.2 Å². The molecule has 0 amide bonds. The highest BCUT2D eigenvalue weighted by Gasteiger charge is 2.26. The largest absolute Gasteiger partial charge is 0.505 e. The van der Waals surface area contributed by atoms with E-state index in [1.165, 1.54) is 22.3 Å². The average Bonchev–Trinajstić information content (AvgIpc) is 2.85. The van der Waals surface area contributed by atoms with Crippen molar-refractivity contribution in [2.24, 2.45) is 0 Å². The Morgan fingerprint density at radius 1 is 0.615 bits per heavy atom. The summed E-state index contributed by atoms with van der Waals surface area (Å²) in [4.78, 5) is -1.81. The summed E-state index contributed by atoms with van der Waals surface area (Å²) in [5.41, 5.74) is 23.2. The third kappa shape index (κ3) is 6.98. The Balaban J connectivity index is 0.000000265. The Kier molecular flexibility index (Phi) is 9.58. The van der Waals surface area contributed by atoms with Crippen molar-refractivity contribution in [1.29, 1.82) is 0 Å². The summed E-state index contributed by atoms with van der Waals surface area (Å²) in [5, 5.41) is 9.22. The van der Waals surface area contributed by atoms with Gasteiger partial charge in [-0.05, 0) is 72.9 Å². The number of anilines is 3. The number of nitrogen functional groups attached to an aromatic ring is 3. The molecule has 210 valence electrons. The van der Waals surface area contributed by atoms with E-state index < -0.39 is 46.9 Å². The molecular weight excluding hydrogens is 542 g/mol. The quantitative estimate of drug-likeness (QED) is 0.108. The van der Waals surface area contributed by atoms with Gasteiger partial charge in [-0.15, -0.1) is 0 Å². The van der Waals surface area contributed by atoms with Crippen LogP contribution in [0.1, 0.15) is 30.5 Å². The number of benzene rings is 4. The maximum absolute atomic E-state index is 11.4. The molecule has 9 N–H and O–H groups in total. The van der Waals surface area contributed by atoms with Gasteiger partial charge < -0.3 is 22.3 Å². The van der Waals surface area contributed by atoms with Gasteiger partial charge >= 0.3 is 0 Å². The molecular formula is C27H33N3O7S2. The van der Waals surface area contributed by atoms with E-state index in [1.54, 1.807) is 0 Å². The third-order valence-electron chi connectivity index (χ3n) is 5.94. The first kappa shape index (κ1) is 31.4. The molecule has 0 bridgehead atoms. The highest BCUT2D eigenvalue weighted by atomic mass is 32.2. The normalized spacial score (nSPS) is 11.3. The first-order valence-electron chi connectivity index (χ1n) is 11.7. The zero-order valence-electron chi connectivity index (χ0n) is 22.2. The number of aryl methyl sites for hydroxylation is 3. The van der Waals surface area contributed by atoms with Gasteiger partial charge in [0.25, 0.3) is 20.2 Å². The van der Waals surface area contributed by atoms with Crippen molar-refractivity contribution < 1.29 is 31.0 Å². The first-order valence-corrected chi connectivity index (χ1v) is 14.6. The molecule has 0 heterocycles. The summed E-state index contributed by atoms with van der Waals surface area (Å²) in [6, 6.07) is 15.5. The average molecular weight is 576 g/mol. The smallest absolute Gasteiger partial charge is 0.296 e. The Hall–Kier alpha value is -3.84. The van der Waals surface area contributed by atoms with E-state index in [0.29, 0.717) is 6.07 Å². The van der Waals surface area contributed by atoms with Gasteiger partial charge in [-0.25, -0.2) is 0 Å². The van der Waals surface area contributed by atoms with Crippen LogP contribution in [0.25, 0.3) is 21.9 Å². The number of hydrogen-bond acceptors (Lipinski definition) is 8. The van der Waals surface area contributed by atoms with Crippen LogP contribution in [0.2, 0.25) is 0 Å². The van der Waals surface area contributed by atoms with E-state index in [1.807, 2.05) is 26.8 Å². The molecule has 0 saturated heterocycles. The second-order valence-corrected chi connectivity index (χ2v) is 11.3. The van der Waals surface area contributed by atoms with Crippen molar-refractivity contribution in [3.63, 3.8) is 0 Å². The summed E-state index contributed by atoms with van der Waals surface area (Å²) >= 11 is 0. The van der Waals surface area contributed by atoms with E-state index in [2.05, 4.69) is 44.2 Å². The molecule has 12 heteroatoms. The fourth-order valence-corrected chi connectivity index (χ4v) is 5.12. The summed E-state index contributed by atoms with van der Waals surface area (Å²) in [5.74, 6) is -0.666. The van der Waals surface area contributed by atoms with Gasteiger partial charge in [0.2, 0.25) is 0 Å². The molecule has 0 radical (unpaired) electrons. The molecule has 4 rings (SSSR count). The molecule has 0 aromatic heterocycles. The van der Waals surface area contributed by atoms with Gasteiger partial charge in [-0.1, -0.05) is 44.2 Å². The molecule has 0 atom stereocenters. The first-order chi connectivity index (χ1) is 18.0. The number of aromatic hydroxyl groups is 1. The van der Waals surface area contributed by atoms with Crippen LogP contribution in [0.3, 0.4) is 0 Å². The molecule has 39 heavy (non-hydrogen) atoms. The van der Waals surface area contributed by atoms with Crippen molar-refractivity contribution in [2.45, 2.75) is 44.4 Å². The number of hydrogen-bond donors (Lipinski definition) is 6. The van der Waals surface area contributed by atoms with Crippen LogP contribution < -0.4 is 17.2 Å². The number of rotatable bonds is 3. The lowest BCUT2D eigenvalue weighted by atomic mass is 9.99. The van der Waals surface area contributed by atoms with E-state index in [0.717, 1.165) is 23.4 Å². The fourth-order valence-electron chi connectivity index (χ4n) is 3.69. The molecule has 0 aliphatic carbocycles. The minimum absolute atomic E-state index is 0.192. The van der Waals surface area contributed by atoms with Crippen LogP contribution in [0.15, 0.2) is 64.4 Å². The summed E-state index contributed by atoms with van der Waals surface area (Å²) in [6.45, 7) is 10.3. The molecule has 0 saturated carbocycles. The molecule has 0 aliphatic rings. The van der Waals surface area contributed by atoms with Crippen LogP contribution in [0, 0.1) is 20.8 Å². The summed E-state index contributed by atoms with van der Waals surface area (Å²) < 4.78 is 63.5. The van der Waals surface area contributed by atoms with Crippen molar-refractivity contribution in [3.8, 4) is 16.9 Å². The fraction of sp³-hybridized carbons (Fsp3) is 0.185. The minimum atomic E-state index is -4.89. The van der Waals surface area contributed by atoms with Crippen molar-refractivity contribution in [3.05, 3.63) is 71.3 Å². The van der Waals surface area contributed by atoms with Gasteiger partial charge in [-0.2, -0.15) is 16.8 Å². The topological polar surface area (TPSA) is 207 Å². The maximum Gasteiger partial charge on any atom is 0.296 e. The number of phenolic OH excluding ortho intramolecular Hbond substituents is 1. The lowest BCUT2D eigenvalue weighted by molar-refractivity contribution is 0.481. The SMILES string of the molecule is CC.Cc1ccc(-c2ccc(N)c(C)c2)cc1C.Nc1ccc2c(S(=O)(=O)O)cc(S(=O)(=O)O)c(N)c2c1O.